The molecule has 4 heteroatoms. The summed E-state index contributed by atoms with van der Waals surface area (Å²) in [5.74, 6) is 0. The predicted molar refractivity (Wildman–Crippen MR) is 86.4 cm³/mol. The number of hydrogen-bond donors (Lipinski definition) is 2. The first-order valence-corrected chi connectivity index (χ1v) is 7.05. The van der Waals surface area contributed by atoms with Crippen LogP contribution in [0.1, 0.15) is 11.3 Å². The van der Waals surface area contributed by atoms with Gasteiger partial charge in [-0.15, -0.1) is 0 Å². The van der Waals surface area contributed by atoms with Crippen molar-refractivity contribution in [2.24, 2.45) is 0 Å². The van der Waals surface area contributed by atoms with E-state index >= 15 is 0 Å². The fraction of sp³-hybridized carbons (Fsp3) is 0.111. The molecule has 0 fully saturated rings. The van der Waals surface area contributed by atoms with Gasteiger partial charge in [-0.05, 0) is 12.5 Å². The van der Waals surface area contributed by atoms with Crippen LogP contribution in [0.5, 0.6) is 0 Å². The van der Waals surface area contributed by atoms with E-state index in [1.165, 1.54) is 0 Å². The van der Waals surface area contributed by atoms with Gasteiger partial charge in [-0.2, -0.15) is 0 Å². The first-order chi connectivity index (χ1) is 10.7. The molecule has 0 bridgehead atoms. The van der Waals surface area contributed by atoms with Crippen LogP contribution in [-0.4, -0.2) is 15.1 Å². The largest absolute Gasteiger partial charge is 0.392 e. The van der Waals surface area contributed by atoms with E-state index in [-0.39, 0.29) is 12.2 Å². The molecule has 2 aromatic carbocycles. The molecule has 0 unspecified atom stereocenters. The maximum atomic E-state index is 11.9. The van der Waals surface area contributed by atoms with Crippen LogP contribution in [0, 0.1) is 6.92 Å². The molecule has 0 spiro atoms. The molecule has 0 aliphatic carbocycles. The zero-order valence-corrected chi connectivity index (χ0v) is 12.2. The van der Waals surface area contributed by atoms with Crippen molar-refractivity contribution in [1.82, 2.24) is 9.97 Å². The lowest BCUT2D eigenvalue weighted by Crippen LogP contribution is -2.14. The molecule has 2 N–H and O–H groups in total. The maximum absolute atomic E-state index is 11.9. The van der Waals surface area contributed by atoms with E-state index in [0.717, 1.165) is 22.4 Å². The Morgan fingerprint density at radius 3 is 2.32 bits per heavy atom. The van der Waals surface area contributed by atoms with Gasteiger partial charge in [-0.3, -0.25) is 4.79 Å². The molecule has 0 amide bonds. The maximum Gasteiger partial charge on any atom is 0.269 e. The van der Waals surface area contributed by atoms with E-state index in [1.807, 2.05) is 54.6 Å². The molecule has 1 aromatic heterocycles. The van der Waals surface area contributed by atoms with Crippen LogP contribution in [0.2, 0.25) is 0 Å². The first kappa shape index (κ1) is 14.2. The molecule has 3 rings (SSSR count). The zero-order valence-electron chi connectivity index (χ0n) is 12.2. The molecule has 4 nitrogen and oxygen atoms in total. The topological polar surface area (TPSA) is 66.0 Å². The number of aromatic nitrogens is 2. The van der Waals surface area contributed by atoms with Gasteiger partial charge < -0.3 is 10.1 Å². The van der Waals surface area contributed by atoms with Crippen LogP contribution in [0.3, 0.4) is 0 Å². The third-order valence-corrected chi connectivity index (χ3v) is 3.56. The van der Waals surface area contributed by atoms with Gasteiger partial charge in [0, 0.05) is 11.1 Å². The summed E-state index contributed by atoms with van der Waals surface area (Å²) < 4.78 is 0. The van der Waals surface area contributed by atoms with Crippen molar-refractivity contribution in [3.8, 4) is 22.5 Å². The number of benzene rings is 2. The second-order valence-corrected chi connectivity index (χ2v) is 5.10. The first-order valence-electron chi connectivity index (χ1n) is 7.05. The number of nitrogens with zero attached hydrogens (tertiary/aromatic N) is 1. The lowest BCUT2D eigenvalue weighted by atomic mass is 10.0. The average molecular weight is 292 g/mol. The monoisotopic (exact) mass is 292 g/mol. The van der Waals surface area contributed by atoms with Gasteiger partial charge in [0.2, 0.25) is 0 Å². The minimum Gasteiger partial charge on any atom is -0.392 e. The standard InChI is InChI=1S/C18H16N2O2/c1-12-18(22)20-17(14-5-3-2-4-6-14)16(19-12)15-9-7-13(11-21)8-10-15/h2-10,21H,11H2,1H3,(H,20,22). The highest BCUT2D eigenvalue weighted by Crippen LogP contribution is 2.28. The Hall–Kier alpha value is -2.72. The second-order valence-electron chi connectivity index (χ2n) is 5.10. The summed E-state index contributed by atoms with van der Waals surface area (Å²) >= 11 is 0. The number of aliphatic hydroxyl groups is 1. The quantitative estimate of drug-likeness (QED) is 0.780. The molecule has 0 atom stereocenters. The van der Waals surface area contributed by atoms with E-state index < -0.39 is 0 Å². The van der Waals surface area contributed by atoms with Crippen molar-refractivity contribution in [1.29, 1.82) is 0 Å². The van der Waals surface area contributed by atoms with Crippen LogP contribution >= 0.6 is 0 Å². The highest BCUT2D eigenvalue weighted by molar-refractivity contribution is 5.77. The van der Waals surface area contributed by atoms with Gasteiger partial charge in [-0.1, -0.05) is 54.6 Å². The summed E-state index contributed by atoms with van der Waals surface area (Å²) in [6.07, 6.45) is 0. The highest BCUT2D eigenvalue weighted by atomic mass is 16.3. The van der Waals surface area contributed by atoms with E-state index in [1.54, 1.807) is 6.92 Å². The number of aliphatic hydroxyl groups excluding tert-OH is 1. The smallest absolute Gasteiger partial charge is 0.269 e. The van der Waals surface area contributed by atoms with Crippen LogP contribution in [0.4, 0.5) is 0 Å². The molecule has 0 saturated carbocycles. The highest BCUT2D eigenvalue weighted by Gasteiger charge is 2.12. The summed E-state index contributed by atoms with van der Waals surface area (Å²) in [4.78, 5) is 19.3. The molecule has 3 aromatic rings. The fourth-order valence-corrected chi connectivity index (χ4v) is 2.33. The number of rotatable bonds is 3. The lowest BCUT2D eigenvalue weighted by molar-refractivity contribution is 0.282. The molecule has 0 aliphatic rings. The Kier molecular flexibility index (Phi) is 3.85. The van der Waals surface area contributed by atoms with Crippen molar-refractivity contribution < 1.29 is 5.11 Å². The van der Waals surface area contributed by atoms with Gasteiger partial charge in [0.15, 0.2) is 0 Å². The summed E-state index contributed by atoms with van der Waals surface area (Å²) in [6.45, 7) is 1.70. The molecule has 110 valence electrons. The molecule has 0 saturated heterocycles. The summed E-state index contributed by atoms with van der Waals surface area (Å²) in [6, 6.07) is 17.2. The van der Waals surface area contributed by atoms with Gasteiger partial charge in [-0.25, -0.2) is 4.98 Å². The van der Waals surface area contributed by atoms with Crippen molar-refractivity contribution in [3.05, 3.63) is 76.2 Å². The van der Waals surface area contributed by atoms with Crippen LogP contribution < -0.4 is 5.56 Å². The van der Waals surface area contributed by atoms with E-state index in [0.29, 0.717) is 11.4 Å². The fourth-order valence-electron chi connectivity index (χ4n) is 2.33. The Bertz CT molecular complexity index is 837. The van der Waals surface area contributed by atoms with Gasteiger partial charge >= 0.3 is 0 Å². The van der Waals surface area contributed by atoms with Crippen LogP contribution in [0.25, 0.3) is 22.5 Å². The van der Waals surface area contributed by atoms with Crippen molar-refractivity contribution >= 4 is 0 Å². The van der Waals surface area contributed by atoms with Crippen molar-refractivity contribution in [2.45, 2.75) is 13.5 Å². The minimum absolute atomic E-state index is 0.00387. The summed E-state index contributed by atoms with van der Waals surface area (Å²) in [5, 5.41) is 9.15. The summed E-state index contributed by atoms with van der Waals surface area (Å²) in [7, 11) is 0. The van der Waals surface area contributed by atoms with Crippen molar-refractivity contribution in [3.63, 3.8) is 0 Å². The third kappa shape index (κ3) is 2.69. The molecule has 0 radical (unpaired) electrons. The molecule has 22 heavy (non-hydrogen) atoms. The minimum atomic E-state index is -0.186. The van der Waals surface area contributed by atoms with E-state index in [9.17, 15) is 4.79 Å². The second kappa shape index (κ2) is 5.95. The van der Waals surface area contributed by atoms with Crippen molar-refractivity contribution in [2.75, 3.05) is 0 Å². The Morgan fingerprint density at radius 1 is 1.00 bits per heavy atom. The Labute approximate surface area is 128 Å². The zero-order chi connectivity index (χ0) is 15.5. The summed E-state index contributed by atoms with van der Waals surface area (Å²) in [5.41, 5.74) is 4.33. The number of aryl methyl sites for hydroxylation is 1. The number of nitrogens with one attached hydrogen (secondary N) is 1. The SMILES string of the molecule is Cc1nc(-c2ccc(CO)cc2)c(-c2ccccc2)[nH]c1=O. The van der Waals surface area contributed by atoms with E-state index in [4.69, 9.17) is 5.11 Å². The molecule has 1 heterocycles. The van der Waals surface area contributed by atoms with Crippen LogP contribution in [-0.2, 0) is 6.61 Å². The molecular weight excluding hydrogens is 276 g/mol. The third-order valence-electron chi connectivity index (χ3n) is 3.56. The Morgan fingerprint density at radius 2 is 1.68 bits per heavy atom. The van der Waals surface area contributed by atoms with E-state index in [2.05, 4.69) is 9.97 Å². The Balaban J connectivity index is 2.21. The normalized spacial score (nSPS) is 10.6. The molecular formula is C18H16N2O2. The van der Waals surface area contributed by atoms with Gasteiger partial charge in [0.05, 0.1) is 18.0 Å². The van der Waals surface area contributed by atoms with Crippen LogP contribution in [0.15, 0.2) is 59.4 Å². The van der Waals surface area contributed by atoms with Gasteiger partial charge in [0.25, 0.3) is 5.56 Å². The average Bonchev–Trinajstić information content (AvgIpc) is 2.58. The number of hydrogen-bond acceptors (Lipinski definition) is 3. The number of H-pyrrole nitrogens is 1. The lowest BCUT2D eigenvalue weighted by Gasteiger charge is -2.10. The predicted octanol–water partition coefficient (Wildman–Crippen LogP) is 2.90. The number of aromatic amines is 1. The van der Waals surface area contributed by atoms with Gasteiger partial charge in [0.1, 0.15) is 5.69 Å². The molecule has 0 aliphatic heterocycles.